The molecule has 0 N–H and O–H groups in total. The largest absolute Gasteiger partial charge is 0.435 e. The van der Waals surface area contributed by atoms with Crippen LogP contribution >= 0.6 is 0 Å². The molecule has 0 radical (unpaired) electrons. The molecule has 0 fully saturated rings. The Labute approximate surface area is 80.3 Å². The molecule has 0 unspecified atom stereocenters. The average molecular weight is 182 g/mol. The minimum Gasteiger partial charge on any atom is -0.435 e. The van der Waals surface area contributed by atoms with E-state index in [9.17, 15) is 4.79 Å². The lowest BCUT2D eigenvalue weighted by atomic mass is 10.1. The predicted octanol–water partition coefficient (Wildman–Crippen LogP) is 3.20. The van der Waals surface area contributed by atoms with E-state index in [2.05, 4.69) is 18.2 Å². The molecule has 0 aromatic heterocycles. The second kappa shape index (κ2) is 7.59. The van der Waals surface area contributed by atoms with Gasteiger partial charge in [-0.15, -0.1) is 0 Å². The Morgan fingerprint density at radius 3 is 2.69 bits per heavy atom. The second-order valence-electron chi connectivity index (χ2n) is 3.03. The molecule has 0 aromatic carbocycles. The zero-order chi connectivity index (χ0) is 10.1. The SMILES string of the molecule is C=C(C=COC(C)=O)CCCCC. The Balaban J connectivity index is 3.49. The molecule has 0 saturated heterocycles. The summed E-state index contributed by atoms with van der Waals surface area (Å²) in [4.78, 5) is 10.4. The molecule has 2 heteroatoms. The van der Waals surface area contributed by atoms with Crippen LogP contribution in [0.15, 0.2) is 24.5 Å². The number of allylic oxidation sites excluding steroid dienone is 2. The molecule has 0 saturated carbocycles. The third kappa shape index (κ3) is 8.86. The second-order valence-corrected chi connectivity index (χ2v) is 3.03. The van der Waals surface area contributed by atoms with E-state index in [-0.39, 0.29) is 5.97 Å². The van der Waals surface area contributed by atoms with Crippen LogP contribution in [-0.2, 0) is 9.53 Å². The number of carbonyl (C=O) groups excluding carboxylic acids is 1. The number of hydrogen-bond donors (Lipinski definition) is 0. The lowest BCUT2D eigenvalue weighted by molar-refractivity contribution is -0.135. The summed E-state index contributed by atoms with van der Waals surface area (Å²) in [5.41, 5.74) is 1.01. The maximum atomic E-state index is 10.4. The highest BCUT2D eigenvalue weighted by molar-refractivity contribution is 5.66. The van der Waals surface area contributed by atoms with E-state index >= 15 is 0 Å². The lowest BCUT2D eigenvalue weighted by Crippen LogP contribution is -1.89. The smallest absolute Gasteiger partial charge is 0.307 e. The van der Waals surface area contributed by atoms with Gasteiger partial charge in [-0.25, -0.2) is 0 Å². The predicted molar refractivity (Wildman–Crippen MR) is 54.2 cm³/mol. The van der Waals surface area contributed by atoms with E-state index < -0.39 is 0 Å². The van der Waals surface area contributed by atoms with Gasteiger partial charge in [0.1, 0.15) is 0 Å². The Hall–Kier alpha value is -1.05. The van der Waals surface area contributed by atoms with Gasteiger partial charge in [-0.1, -0.05) is 31.9 Å². The third-order valence-corrected chi connectivity index (χ3v) is 1.64. The van der Waals surface area contributed by atoms with Gasteiger partial charge < -0.3 is 4.74 Å². The van der Waals surface area contributed by atoms with Crippen LogP contribution in [0.5, 0.6) is 0 Å². The minimum atomic E-state index is -0.294. The fourth-order valence-electron chi connectivity index (χ4n) is 0.911. The molecule has 0 aromatic rings. The van der Waals surface area contributed by atoms with Gasteiger partial charge in [0.2, 0.25) is 0 Å². The van der Waals surface area contributed by atoms with Crippen molar-refractivity contribution in [2.24, 2.45) is 0 Å². The van der Waals surface area contributed by atoms with Crippen molar-refractivity contribution in [3.8, 4) is 0 Å². The van der Waals surface area contributed by atoms with Crippen LogP contribution in [0, 0.1) is 0 Å². The van der Waals surface area contributed by atoms with Gasteiger partial charge in [-0.2, -0.15) is 0 Å². The van der Waals surface area contributed by atoms with Crippen molar-refractivity contribution >= 4 is 5.97 Å². The number of hydrogen-bond acceptors (Lipinski definition) is 2. The fraction of sp³-hybridized carbons (Fsp3) is 0.545. The Kier molecular flexibility index (Phi) is 6.98. The van der Waals surface area contributed by atoms with E-state index in [1.54, 1.807) is 6.08 Å². The van der Waals surface area contributed by atoms with E-state index in [1.165, 1.54) is 26.0 Å². The zero-order valence-electron chi connectivity index (χ0n) is 8.51. The molecule has 0 heterocycles. The minimum absolute atomic E-state index is 0.294. The maximum Gasteiger partial charge on any atom is 0.307 e. The first kappa shape index (κ1) is 11.9. The maximum absolute atomic E-state index is 10.4. The zero-order valence-corrected chi connectivity index (χ0v) is 8.51. The van der Waals surface area contributed by atoms with Gasteiger partial charge in [-0.3, -0.25) is 4.79 Å². The van der Waals surface area contributed by atoms with Crippen LogP contribution in [0.25, 0.3) is 0 Å². The molecule has 0 aliphatic rings. The summed E-state index contributed by atoms with van der Waals surface area (Å²) in [6.45, 7) is 7.39. The van der Waals surface area contributed by atoms with Crippen LogP contribution in [0.3, 0.4) is 0 Å². The van der Waals surface area contributed by atoms with Crippen LogP contribution in [0.1, 0.15) is 39.5 Å². The van der Waals surface area contributed by atoms with Gasteiger partial charge >= 0.3 is 5.97 Å². The van der Waals surface area contributed by atoms with Crippen molar-refractivity contribution in [3.05, 3.63) is 24.5 Å². The Morgan fingerprint density at radius 2 is 2.15 bits per heavy atom. The standard InChI is InChI=1S/C11H18O2/c1-4-5-6-7-10(2)8-9-13-11(3)12/h8-9H,2,4-7H2,1,3H3. The first-order chi connectivity index (χ1) is 6.16. The van der Waals surface area contributed by atoms with E-state index in [4.69, 9.17) is 0 Å². The lowest BCUT2D eigenvalue weighted by Gasteiger charge is -1.98. The number of rotatable bonds is 6. The van der Waals surface area contributed by atoms with Gasteiger partial charge in [0, 0.05) is 6.92 Å². The van der Waals surface area contributed by atoms with E-state index in [0.29, 0.717) is 0 Å². The molecule has 0 aliphatic carbocycles. The summed E-state index contributed by atoms with van der Waals surface area (Å²) >= 11 is 0. The number of unbranched alkanes of at least 4 members (excludes halogenated alkanes) is 2. The molecule has 0 amide bonds. The fourth-order valence-corrected chi connectivity index (χ4v) is 0.911. The highest BCUT2D eigenvalue weighted by Crippen LogP contribution is 2.07. The quantitative estimate of drug-likeness (QED) is 0.273. The average Bonchev–Trinajstić information content (AvgIpc) is 2.04. The molecule has 2 nitrogen and oxygen atoms in total. The summed E-state index contributed by atoms with van der Waals surface area (Å²) in [6.07, 6.45) is 7.71. The van der Waals surface area contributed by atoms with Crippen molar-refractivity contribution < 1.29 is 9.53 Å². The van der Waals surface area contributed by atoms with Crippen molar-refractivity contribution in [3.63, 3.8) is 0 Å². The molecule has 0 aliphatic heterocycles. The first-order valence-electron chi connectivity index (χ1n) is 4.68. The van der Waals surface area contributed by atoms with Gasteiger partial charge in [0.15, 0.2) is 0 Å². The van der Waals surface area contributed by atoms with Crippen LogP contribution < -0.4 is 0 Å². The van der Waals surface area contributed by atoms with Crippen molar-refractivity contribution in [1.82, 2.24) is 0 Å². The highest BCUT2D eigenvalue weighted by atomic mass is 16.5. The third-order valence-electron chi connectivity index (χ3n) is 1.64. The van der Waals surface area contributed by atoms with Gasteiger partial charge in [-0.05, 0) is 18.9 Å². The van der Waals surface area contributed by atoms with Crippen LogP contribution in [-0.4, -0.2) is 5.97 Å². The molecular formula is C11H18O2. The molecule has 0 atom stereocenters. The van der Waals surface area contributed by atoms with Crippen LogP contribution in [0.4, 0.5) is 0 Å². The highest BCUT2D eigenvalue weighted by Gasteiger charge is 1.90. The number of esters is 1. The van der Waals surface area contributed by atoms with Crippen molar-refractivity contribution in [1.29, 1.82) is 0 Å². The summed E-state index contributed by atoms with van der Waals surface area (Å²) < 4.78 is 4.64. The topological polar surface area (TPSA) is 26.3 Å². The van der Waals surface area contributed by atoms with Crippen molar-refractivity contribution in [2.45, 2.75) is 39.5 Å². The van der Waals surface area contributed by atoms with E-state index in [0.717, 1.165) is 18.4 Å². The molecule has 0 rings (SSSR count). The molecule has 0 bridgehead atoms. The monoisotopic (exact) mass is 182 g/mol. The van der Waals surface area contributed by atoms with E-state index in [1.807, 2.05) is 0 Å². The summed E-state index contributed by atoms with van der Waals surface area (Å²) in [5, 5.41) is 0. The molecule has 0 spiro atoms. The Bertz CT molecular complexity index is 192. The molecule has 74 valence electrons. The summed E-state index contributed by atoms with van der Waals surface area (Å²) in [6, 6.07) is 0. The molecular weight excluding hydrogens is 164 g/mol. The van der Waals surface area contributed by atoms with Crippen molar-refractivity contribution in [2.75, 3.05) is 0 Å². The normalized spacial score (nSPS) is 10.3. The summed E-state index contributed by atoms with van der Waals surface area (Å²) in [7, 11) is 0. The van der Waals surface area contributed by atoms with Gasteiger partial charge in [0.25, 0.3) is 0 Å². The Morgan fingerprint density at radius 1 is 1.46 bits per heavy atom. The van der Waals surface area contributed by atoms with Gasteiger partial charge in [0.05, 0.1) is 6.26 Å². The van der Waals surface area contributed by atoms with Crippen LogP contribution in [0.2, 0.25) is 0 Å². The number of carbonyl (C=O) groups is 1. The molecule has 13 heavy (non-hydrogen) atoms. The first-order valence-corrected chi connectivity index (χ1v) is 4.68. The summed E-state index contributed by atoms with van der Waals surface area (Å²) in [5.74, 6) is -0.294. The number of ether oxygens (including phenoxy) is 1.